The van der Waals surface area contributed by atoms with Gasteiger partial charge >= 0.3 is 61.8 Å². The summed E-state index contributed by atoms with van der Waals surface area (Å²) >= 11 is 0. The number of benzene rings is 4. The Kier molecular flexibility index (Phi) is 14.6. The molecule has 4 aromatic carbocycles. The zero-order valence-corrected chi connectivity index (χ0v) is 36.7. The van der Waals surface area contributed by atoms with Crippen molar-refractivity contribution in [1.29, 1.82) is 0 Å². The van der Waals surface area contributed by atoms with Gasteiger partial charge in [-0.2, -0.15) is 132 Å². The summed E-state index contributed by atoms with van der Waals surface area (Å²) in [6, 6.07) is -8.95. The molecule has 2 atom stereocenters. The second kappa shape index (κ2) is 18.9. The fraction of sp³-hybridized carbons (Fsp3) is 0.261. The van der Waals surface area contributed by atoms with Crippen LogP contribution in [-0.4, -0.2) is 12.4 Å². The van der Waals surface area contributed by atoms with Crippen molar-refractivity contribution in [3.05, 3.63) is 183 Å². The third kappa shape index (κ3) is 12.0. The smallest absolute Gasteiger partial charge is 0.399 e. The first-order valence-corrected chi connectivity index (χ1v) is 20.3. The molecule has 0 spiro atoms. The number of alkyl halides is 30. The summed E-state index contributed by atoms with van der Waals surface area (Å²) in [6.45, 7) is 0. The van der Waals surface area contributed by atoms with Gasteiger partial charge in [-0.1, -0.05) is 12.2 Å². The van der Waals surface area contributed by atoms with Crippen LogP contribution < -0.4 is 21.9 Å². The van der Waals surface area contributed by atoms with Gasteiger partial charge in [0.25, 0.3) is 0 Å². The molecule has 0 heterocycles. The molecule has 0 saturated carbocycles. The summed E-state index contributed by atoms with van der Waals surface area (Å²) in [4.78, 5) is 0. The third-order valence-corrected chi connectivity index (χ3v) is 11.6. The van der Waals surface area contributed by atoms with Gasteiger partial charge in [0.1, 0.15) is 11.8 Å². The highest BCUT2D eigenvalue weighted by atomic mass is 19.4. The normalized spacial score (nSPS) is 20.5. The Morgan fingerprint density at radius 3 is 0.538 bits per heavy atom. The highest BCUT2D eigenvalue weighted by Crippen LogP contribution is 2.45. The van der Waals surface area contributed by atoms with Gasteiger partial charge < -0.3 is 11.5 Å². The highest BCUT2D eigenvalue weighted by molar-refractivity contribution is 5.68. The summed E-state index contributed by atoms with van der Waals surface area (Å²) in [6.07, 6.45) is -62.6. The van der Waals surface area contributed by atoms with Gasteiger partial charge in [0.05, 0.1) is 44.5 Å². The van der Waals surface area contributed by atoms with Crippen molar-refractivity contribution in [3.8, 4) is 0 Å². The van der Waals surface area contributed by atoms with E-state index in [4.69, 9.17) is 11.5 Å². The van der Waals surface area contributed by atoms with Gasteiger partial charge in [-0.15, -0.1) is 0 Å². The number of halogens is 30. The van der Waals surface area contributed by atoms with E-state index < -0.39 is 231 Å². The van der Waals surface area contributed by atoms with E-state index in [9.17, 15) is 79.0 Å². The van der Waals surface area contributed by atoms with Crippen molar-refractivity contribution < 1.29 is 132 Å². The van der Waals surface area contributed by atoms with Crippen LogP contribution in [0.5, 0.6) is 0 Å². The Labute approximate surface area is 410 Å². The zero-order chi connectivity index (χ0) is 59.6. The SMILES string of the molecule is NC1=CC(C(F)(F)F)C(=c2cc(C(F)(F)F)c(=c3cc(C(F)(F)F)c(=c4cc(C(F)(F)F)c(=c5cc(C(F)(F)F)c(=C6C=CC(N)=CC6C(F)(F)F)cc5C(F)(F)F)cc4C(F)(F)F)cc3C(F)(F)F)cc2C(F)(F)F)C=C1. The van der Waals surface area contributed by atoms with E-state index >= 15 is 52.7 Å². The maximum atomic E-state index is 15.1. The summed E-state index contributed by atoms with van der Waals surface area (Å²) in [5.41, 5.74) is -18.8. The molecule has 78 heavy (non-hydrogen) atoms. The minimum atomic E-state index is -6.69. The molecule has 0 aromatic heterocycles. The lowest BCUT2D eigenvalue weighted by atomic mass is 9.87. The van der Waals surface area contributed by atoms with E-state index in [1.54, 1.807) is 0 Å². The molecular formula is C46H20F30N2. The van der Waals surface area contributed by atoms with Gasteiger partial charge in [-0.05, 0) is 126 Å². The van der Waals surface area contributed by atoms with Crippen LogP contribution in [0.2, 0.25) is 0 Å². The molecular weight excluding hydrogens is 1150 g/mol. The van der Waals surface area contributed by atoms with E-state index in [0.29, 0.717) is 12.2 Å². The fourth-order valence-corrected chi connectivity index (χ4v) is 8.40. The molecule has 4 aromatic rings. The van der Waals surface area contributed by atoms with E-state index in [0.717, 1.165) is 0 Å². The highest BCUT2D eigenvalue weighted by Gasteiger charge is 2.48. The van der Waals surface area contributed by atoms with Crippen molar-refractivity contribution in [2.24, 2.45) is 23.3 Å². The van der Waals surface area contributed by atoms with Crippen LogP contribution in [0.4, 0.5) is 132 Å². The third-order valence-electron chi connectivity index (χ3n) is 11.6. The second-order valence-electron chi connectivity index (χ2n) is 16.7. The molecule has 0 aliphatic heterocycles. The van der Waals surface area contributed by atoms with Gasteiger partial charge in [0, 0.05) is 11.4 Å². The summed E-state index contributed by atoms with van der Waals surface area (Å²) in [5.74, 6) is -6.66. The van der Waals surface area contributed by atoms with Crippen LogP contribution in [-0.2, 0) is 49.4 Å². The molecule has 0 amide bonds. The number of hydrogen-bond acceptors (Lipinski definition) is 2. The predicted molar refractivity (Wildman–Crippen MR) is 207 cm³/mol. The Balaban J connectivity index is 2.04. The maximum Gasteiger partial charge on any atom is 0.417 e. The molecule has 6 rings (SSSR count). The topological polar surface area (TPSA) is 52.0 Å². The van der Waals surface area contributed by atoms with Crippen molar-refractivity contribution in [3.63, 3.8) is 0 Å². The second-order valence-corrected chi connectivity index (χ2v) is 16.7. The van der Waals surface area contributed by atoms with Crippen LogP contribution in [0.3, 0.4) is 0 Å². The fourth-order valence-electron chi connectivity index (χ4n) is 8.40. The minimum Gasteiger partial charge on any atom is -0.399 e. The van der Waals surface area contributed by atoms with Crippen molar-refractivity contribution >= 4 is 11.1 Å². The van der Waals surface area contributed by atoms with E-state index in [1.165, 1.54) is 0 Å². The lowest BCUT2D eigenvalue weighted by molar-refractivity contribution is -0.148. The summed E-state index contributed by atoms with van der Waals surface area (Å²) in [5, 5.41) is -20.9. The van der Waals surface area contributed by atoms with Crippen molar-refractivity contribution in [2.45, 2.75) is 61.8 Å². The van der Waals surface area contributed by atoms with Crippen LogP contribution in [0, 0.1) is 43.1 Å². The van der Waals surface area contributed by atoms with Crippen LogP contribution >= 0.6 is 0 Å². The minimum absolute atomic E-state index is 0.0384. The van der Waals surface area contributed by atoms with Crippen LogP contribution in [0.15, 0.2) is 96.4 Å². The zero-order valence-electron chi connectivity index (χ0n) is 36.7. The molecule has 2 aliphatic rings. The first kappa shape index (κ1) is 60.3. The average molecular weight is 1170 g/mol. The Morgan fingerprint density at radius 1 is 0.231 bits per heavy atom. The molecule has 2 nitrogen and oxygen atoms in total. The Hall–Kier alpha value is -6.92. The van der Waals surface area contributed by atoms with Crippen LogP contribution in [0.25, 0.3) is 11.1 Å². The lowest BCUT2D eigenvalue weighted by Crippen LogP contribution is -2.32. The number of allylic oxidation sites excluding steroid dienone is 6. The molecule has 32 heteroatoms. The Bertz CT molecular complexity index is 3420. The monoisotopic (exact) mass is 1170 g/mol. The van der Waals surface area contributed by atoms with E-state index in [2.05, 4.69) is 0 Å². The molecule has 2 unspecified atom stereocenters. The quantitative estimate of drug-likeness (QED) is 0.172. The van der Waals surface area contributed by atoms with Crippen molar-refractivity contribution in [2.75, 3.05) is 0 Å². The van der Waals surface area contributed by atoms with Gasteiger partial charge in [-0.3, -0.25) is 0 Å². The molecule has 2 aliphatic carbocycles. The Morgan fingerprint density at radius 2 is 0.385 bits per heavy atom. The lowest BCUT2D eigenvalue weighted by Gasteiger charge is -2.24. The summed E-state index contributed by atoms with van der Waals surface area (Å²) < 4.78 is 442. The average Bonchev–Trinajstić information content (AvgIpc) is 3.24. The standard InChI is InChI=1S/C46H20F30N2/c47-37(48,49)27-5-15(77)1-3-17(27)19-7-31(41(59,60)61)21(9-29(19)39(53,54)55)23-11-35(45(71,72)73)25(13-33(23)43(65,66)67)26-14-34(44(68,69)70)24(12-36(26)46(74,75)76)22-10-30(40(56,57)58)20(8-32(22)42(62,63)64)18-4-2-16(78)6-28(18)38(50,51)52/h1-14,27-28H,77-78H2. The molecule has 0 fully saturated rings. The number of hydrogen-bond donors (Lipinski definition) is 2. The van der Waals surface area contributed by atoms with E-state index in [-0.39, 0.29) is 24.3 Å². The van der Waals surface area contributed by atoms with Gasteiger partial charge in [-0.25, -0.2) is 0 Å². The first-order chi connectivity index (χ1) is 34.8. The van der Waals surface area contributed by atoms with Crippen molar-refractivity contribution in [1.82, 2.24) is 0 Å². The maximum absolute atomic E-state index is 15.1. The van der Waals surface area contributed by atoms with E-state index in [1.807, 2.05) is 0 Å². The first-order valence-electron chi connectivity index (χ1n) is 20.3. The predicted octanol–water partition coefficient (Wildman–Crippen LogP) is 15.2. The molecule has 0 bridgehead atoms. The molecule has 0 saturated heterocycles. The van der Waals surface area contributed by atoms with Crippen LogP contribution in [0.1, 0.15) is 44.5 Å². The van der Waals surface area contributed by atoms with Gasteiger partial charge in [0.15, 0.2) is 0 Å². The number of rotatable bonds is 0. The molecule has 0 radical (unpaired) electrons. The largest absolute Gasteiger partial charge is 0.417 e. The molecule has 4 N–H and O–H groups in total. The molecule has 424 valence electrons. The number of nitrogens with two attached hydrogens (primary N) is 2. The van der Waals surface area contributed by atoms with Gasteiger partial charge in [0.2, 0.25) is 0 Å². The summed E-state index contributed by atoms with van der Waals surface area (Å²) in [7, 11) is 0.